The van der Waals surface area contributed by atoms with Gasteiger partial charge >= 0.3 is 0 Å². The molecule has 0 aromatic heterocycles. The Balaban J connectivity index is 1.24. The molecule has 1 heteroatoms. The number of hydrogen-bond donors (Lipinski definition) is 0. The molecule has 41 heavy (non-hydrogen) atoms. The Kier molecular flexibility index (Phi) is 4.67. The standard InChI is InChI=1S/C40H25N/c1-3-8-26(9-4-1)27-16-19-32(20-17-27)41(31-12-5-2-6-13-31)33-21-23-34-35-22-18-29-15-14-28-10-7-11-30-24-37(36(34)25-33)40(35)39(29)38(28)30/h1-25H. The second-order valence-corrected chi connectivity index (χ2v) is 11.0. The third-order valence-corrected chi connectivity index (χ3v) is 8.72. The summed E-state index contributed by atoms with van der Waals surface area (Å²) in [6.07, 6.45) is 0. The molecule has 0 unspecified atom stereocenters. The van der Waals surface area contributed by atoms with Gasteiger partial charge in [-0.2, -0.15) is 0 Å². The van der Waals surface area contributed by atoms with Crippen LogP contribution in [0.15, 0.2) is 152 Å². The summed E-state index contributed by atoms with van der Waals surface area (Å²) >= 11 is 0. The van der Waals surface area contributed by atoms with Crippen molar-refractivity contribution >= 4 is 49.4 Å². The van der Waals surface area contributed by atoms with Gasteiger partial charge in [0.05, 0.1) is 0 Å². The molecule has 8 aromatic carbocycles. The first-order valence-corrected chi connectivity index (χ1v) is 14.2. The Bertz CT molecular complexity index is 2230. The Morgan fingerprint density at radius 1 is 0.293 bits per heavy atom. The van der Waals surface area contributed by atoms with Crippen molar-refractivity contribution in [2.24, 2.45) is 0 Å². The second kappa shape index (κ2) is 8.55. The first kappa shape index (κ1) is 22.4. The summed E-state index contributed by atoms with van der Waals surface area (Å²) in [5.74, 6) is 0. The van der Waals surface area contributed by atoms with Crippen LogP contribution in [0.2, 0.25) is 0 Å². The monoisotopic (exact) mass is 519 g/mol. The minimum Gasteiger partial charge on any atom is -0.310 e. The van der Waals surface area contributed by atoms with Crippen LogP contribution in [-0.4, -0.2) is 0 Å². The molecule has 0 bridgehead atoms. The third kappa shape index (κ3) is 3.30. The van der Waals surface area contributed by atoms with Crippen LogP contribution >= 0.6 is 0 Å². The van der Waals surface area contributed by atoms with Gasteiger partial charge in [0.25, 0.3) is 0 Å². The van der Waals surface area contributed by atoms with E-state index in [1.54, 1.807) is 0 Å². The van der Waals surface area contributed by atoms with Gasteiger partial charge in [-0.3, -0.25) is 0 Å². The van der Waals surface area contributed by atoms with Gasteiger partial charge < -0.3 is 4.90 Å². The number of fused-ring (bicyclic) bond motifs is 3. The molecule has 0 atom stereocenters. The van der Waals surface area contributed by atoms with Crippen LogP contribution in [0, 0.1) is 0 Å². The van der Waals surface area contributed by atoms with E-state index in [4.69, 9.17) is 0 Å². The van der Waals surface area contributed by atoms with E-state index in [9.17, 15) is 0 Å². The second-order valence-electron chi connectivity index (χ2n) is 11.0. The molecule has 1 aliphatic rings. The topological polar surface area (TPSA) is 3.24 Å². The molecular formula is C40H25N. The molecule has 0 spiro atoms. The lowest BCUT2D eigenvalue weighted by Crippen LogP contribution is -2.09. The van der Waals surface area contributed by atoms with Crippen molar-refractivity contribution < 1.29 is 0 Å². The smallest absolute Gasteiger partial charge is 0.0468 e. The maximum Gasteiger partial charge on any atom is 0.0468 e. The van der Waals surface area contributed by atoms with Crippen molar-refractivity contribution in [2.75, 3.05) is 4.90 Å². The predicted molar refractivity (Wildman–Crippen MR) is 175 cm³/mol. The van der Waals surface area contributed by atoms with E-state index >= 15 is 0 Å². The number of hydrogen-bond acceptors (Lipinski definition) is 1. The average Bonchev–Trinajstić information content (AvgIpc) is 3.36. The van der Waals surface area contributed by atoms with E-state index in [1.165, 1.54) is 65.7 Å². The molecule has 0 saturated heterocycles. The van der Waals surface area contributed by atoms with Crippen LogP contribution in [-0.2, 0) is 0 Å². The third-order valence-electron chi connectivity index (χ3n) is 8.72. The van der Waals surface area contributed by atoms with Gasteiger partial charge in [-0.15, -0.1) is 0 Å². The number of anilines is 3. The number of para-hydroxylation sites is 1. The normalized spacial score (nSPS) is 11.9. The Labute approximate surface area is 238 Å². The number of benzene rings is 8. The fourth-order valence-corrected chi connectivity index (χ4v) is 6.87. The number of nitrogens with zero attached hydrogens (tertiary/aromatic N) is 1. The molecule has 0 N–H and O–H groups in total. The summed E-state index contributed by atoms with van der Waals surface area (Å²) in [7, 11) is 0. The predicted octanol–water partition coefficient (Wildman–Crippen LogP) is 11.4. The van der Waals surface area contributed by atoms with E-state index in [2.05, 4.69) is 157 Å². The minimum absolute atomic E-state index is 1.14. The zero-order valence-corrected chi connectivity index (χ0v) is 22.4. The highest BCUT2D eigenvalue weighted by atomic mass is 15.1. The lowest BCUT2D eigenvalue weighted by Gasteiger charge is -2.26. The maximum absolute atomic E-state index is 2.41. The SMILES string of the molecule is c1ccc(-c2ccc(N(c3ccccc3)c3ccc4c(c3)-c3cc5cccc6ccc7ccc-4c3c7c65)cc2)cc1. The summed E-state index contributed by atoms with van der Waals surface area (Å²) in [6, 6.07) is 55.4. The molecule has 8 aromatic rings. The first-order chi connectivity index (χ1) is 20.3. The van der Waals surface area contributed by atoms with Crippen LogP contribution in [0.5, 0.6) is 0 Å². The maximum atomic E-state index is 2.41. The quantitative estimate of drug-likeness (QED) is 0.209. The van der Waals surface area contributed by atoms with Crippen molar-refractivity contribution in [1.82, 2.24) is 0 Å². The molecule has 0 radical (unpaired) electrons. The van der Waals surface area contributed by atoms with Crippen molar-refractivity contribution in [1.29, 1.82) is 0 Å². The first-order valence-electron chi connectivity index (χ1n) is 14.2. The van der Waals surface area contributed by atoms with Gasteiger partial charge in [-0.05, 0) is 108 Å². The molecule has 0 amide bonds. The highest BCUT2D eigenvalue weighted by Gasteiger charge is 2.26. The van der Waals surface area contributed by atoms with Gasteiger partial charge in [0.2, 0.25) is 0 Å². The molecule has 190 valence electrons. The minimum atomic E-state index is 1.14. The van der Waals surface area contributed by atoms with E-state index in [1.807, 2.05) is 0 Å². The fourth-order valence-electron chi connectivity index (χ4n) is 6.87. The Morgan fingerprint density at radius 2 is 0.902 bits per heavy atom. The molecule has 9 rings (SSSR count). The molecule has 1 nitrogen and oxygen atoms in total. The van der Waals surface area contributed by atoms with Gasteiger partial charge in [-0.25, -0.2) is 0 Å². The van der Waals surface area contributed by atoms with Crippen LogP contribution in [0.25, 0.3) is 65.7 Å². The molecular weight excluding hydrogens is 494 g/mol. The lowest BCUT2D eigenvalue weighted by molar-refractivity contribution is 1.28. The summed E-state index contributed by atoms with van der Waals surface area (Å²) in [4.78, 5) is 2.37. The summed E-state index contributed by atoms with van der Waals surface area (Å²) in [5.41, 5.74) is 11.2. The molecule has 0 heterocycles. The van der Waals surface area contributed by atoms with Crippen LogP contribution in [0.4, 0.5) is 17.1 Å². The van der Waals surface area contributed by atoms with Gasteiger partial charge in [-0.1, -0.05) is 109 Å². The average molecular weight is 520 g/mol. The molecule has 0 aliphatic heterocycles. The fraction of sp³-hybridized carbons (Fsp3) is 0. The van der Waals surface area contributed by atoms with Crippen molar-refractivity contribution in [3.8, 4) is 33.4 Å². The summed E-state index contributed by atoms with van der Waals surface area (Å²) in [5, 5.41) is 8.08. The largest absolute Gasteiger partial charge is 0.310 e. The molecule has 1 aliphatic carbocycles. The molecule has 0 saturated carbocycles. The van der Waals surface area contributed by atoms with E-state index < -0.39 is 0 Å². The van der Waals surface area contributed by atoms with Crippen molar-refractivity contribution in [3.05, 3.63) is 152 Å². The van der Waals surface area contributed by atoms with Crippen LogP contribution < -0.4 is 4.90 Å². The number of rotatable bonds is 4. The van der Waals surface area contributed by atoms with Crippen molar-refractivity contribution in [2.45, 2.75) is 0 Å². The summed E-state index contributed by atoms with van der Waals surface area (Å²) < 4.78 is 0. The van der Waals surface area contributed by atoms with E-state index in [0.717, 1.165) is 17.1 Å². The lowest BCUT2D eigenvalue weighted by atomic mass is 9.91. The van der Waals surface area contributed by atoms with Crippen LogP contribution in [0.1, 0.15) is 0 Å². The Morgan fingerprint density at radius 3 is 1.71 bits per heavy atom. The Hall–Kier alpha value is -5.40. The van der Waals surface area contributed by atoms with E-state index in [0.29, 0.717) is 0 Å². The van der Waals surface area contributed by atoms with Gasteiger partial charge in [0.15, 0.2) is 0 Å². The van der Waals surface area contributed by atoms with Gasteiger partial charge in [0, 0.05) is 17.1 Å². The van der Waals surface area contributed by atoms with Crippen LogP contribution in [0.3, 0.4) is 0 Å². The van der Waals surface area contributed by atoms with Crippen molar-refractivity contribution in [3.63, 3.8) is 0 Å². The zero-order chi connectivity index (χ0) is 26.9. The highest BCUT2D eigenvalue weighted by molar-refractivity contribution is 6.32. The van der Waals surface area contributed by atoms with Gasteiger partial charge in [0.1, 0.15) is 0 Å². The molecule has 0 fully saturated rings. The summed E-state index contributed by atoms with van der Waals surface area (Å²) in [6.45, 7) is 0. The zero-order valence-electron chi connectivity index (χ0n) is 22.4. The van der Waals surface area contributed by atoms with E-state index in [-0.39, 0.29) is 0 Å². The highest BCUT2D eigenvalue weighted by Crippen LogP contribution is 2.53.